The van der Waals surface area contributed by atoms with Crippen LogP contribution in [0.3, 0.4) is 0 Å². The van der Waals surface area contributed by atoms with Crippen molar-refractivity contribution in [3.05, 3.63) is 41.2 Å². The molecule has 1 aromatic carbocycles. The number of hydrogen-bond acceptors (Lipinski definition) is 2. The first-order valence-electron chi connectivity index (χ1n) is 5.43. The highest BCUT2D eigenvalue weighted by Crippen LogP contribution is 2.26. The number of nitrogens with two attached hydrogens (primary N) is 1. The number of hydrogen-bond donors (Lipinski definition) is 1. The Morgan fingerprint density at radius 3 is 2.38 bits per heavy atom. The monoisotopic (exact) mass is 215 g/mol. The topological polar surface area (TPSA) is 43.8 Å². The Hall–Kier alpha value is -1.61. The molecule has 0 atom stereocenters. The Bertz CT molecular complexity index is 495. The molecule has 0 bridgehead atoms. The largest absolute Gasteiger partial charge is 0.325 e. The molecule has 3 heteroatoms. The van der Waals surface area contributed by atoms with Crippen LogP contribution in [0.2, 0.25) is 0 Å². The fraction of sp³-hybridized carbons (Fsp3) is 0.308. The second-order valence-corrected chi connectivity index (χ2v) is 4.10. The summed E-state index contributed by atoms with van der Waals surface area (Å²) in [5.41, 5.74) is 11.5. The van der Waals surface area contributed by atoms with Gasteiger partial charge in [0.05, 0.1) is 5.69 Å². The normalized spacial score (nSPS) is 10.8. The maximum Gasteiger partial charge on any atom is 0.0841 e. The minimum atomic E-state index is 0.477. The molecule has 0 unspecified atom stereocenters. The number of rotatable bonds is 2. The molecule has 3 nitrogen and oxygen atoms in total. The lowest BCUT2D eigenvalue weighted by Gasteiger charge is -2.03. The Labute approximate surface area is 95.9 Å². The zero-order valence-electron chi connectivity index (χ0n) is 9.99. The predicted molar refractivity (Wildman–Crippen MR) is 66.0 cm³/mol. The third kappa shape index (κ3) is 1.74. The molecule has 1 aromatic heterocycles. The van der Waals surface area contributed by atoms with Crippen LogP contribution in [0.1, 0.15) is 17.0 Å². The summed E-state index contributed by atoms with van der Waals surface area (Å²) in [5, 5.41) is 4.42. The van der Waals surface area contributed by atoms with Crippen molar-refractivity contribution in [2.45, 2.75) is 20.4 Å². The quantitative estimate of drug-likeness (QED) is 0.834. The summed E-state index contributed by atoms with van der Waals surface area (Å²) < 4.78 is 1.89. The Balaban J connectivity index is 2.58. The summed E-state index contributed by atoms with van der Waals surface area (Å²) in [7, 11) is 1.95. The summed E-state index contributed by atoms with van der Waals surface area (Å²) in [6.07, 6.45) is 0. The van der Waals surface area contributed by atoms with Gasteiger partial charge in [0.1, 0.15) is 0 Å². The molecule has 2 aromatic rings. The fourth-order valence-electron chi connectivity index (χ4n) is 1.92. The number of aryl methyl sites for hydroxylation is 2. The van der Waals surface area contributed by atoms with E-state index >= 15 is 0 Å². The summed E-state index contributed by atoms with van der Waals surface area (Å²) in [5.74, 6) is 0. The molecular formula is C13H17N3. The number of benzene rings is 1. The molecule has 0 saturated heterocycles. The number of nitrogens with zero attached hydrogens (tertiary/aromatic N) is 2. The van der Waals surface area contributed by atoms with E-state index in [1.807, 2.05) is 11.7 Å². The molecule has 2 rings (SSSR count). The minimum Gasteiger partial charge on any atom is -0.325 e. The zero-order chi connectivity index (χ0) is 11.7. The predicted octanol–water partition coefficient (Wildman–Crippen LogP) is 2.16. The third-order valence-corrected chi connectivity index (χ3v) is 2.94. The van der Waals surface area contributed by atoms with Crippen LogP contribution < -0.4 is 5.73 Å². The minimum absolute atomic E-state index is 0.477. The van der Waals surface area contributed by atoms with E-state index in [9.17, 15) is 0 Å². The molecule has 2 N–H and O–H groups in total. The van der Waals surface area contributed by atoms with Crippen molar-refractivity contribution in [2.24, 2.45) is 12.8 Å². The molecule has 0 aliphatic heterocycles. The summed E-state index contributed by atoms with van der Waals surface area (Å²) in [4.78, 5) is 0. The van der Waals surface area contributed by atoms with Gasteiger partial charge in [-0.1, -0.05) is 29.8 Å². The maximum absolute atomic E-state index is 5.72. The van der Waals surface area contributed by atoms with E-state index in [2.05, 4.69) is 43.2 Å². The lowest BCUT2D eigenvalue weighted by atomic mass is 10.0. The Morgan fingerprint density at radius 2 is 1.81 bits per heavy atom. The third-order valence-electron chi connectivity index (χ3n) is 2.94. The van der Waals surface area contributed by atoms with Gasteiger partial charge < -0.3 is 5.73 Å². The van der Waals surface area contributed by atoms with Gasteiger partial charge in [-0.05, 0) is 19.4 Å². The molecule has 0 radical (unpaired) electrons. The van der Waals surface area contributed by atoms with E-state index in [0.29, 0.717) is 6.54 Å². The van der Waals surface area contributed by atoms with Crippen molar-refractivity contribution >= 4 is 0 Å². The van der Waals surface area contributed by atoms with Crippen LogP contribution in [0.25, 0.3) is 11.1 Å². The van der Waals surface area contributed by atoms with Crippen LogP contribution in [0, 0.1) is 13.8 Å². The highest BCUT2D eigenvalue weighted by Gasteiger charge is 2.12. The van der Waals surface area contributed by atoms with E-state index in [-0.39, 0.29) is 0 Å². The van der Waals surface area contributed by atoms with Crippen molar-refractivity contribution in [1.29, 1.82) is 0 Å². The molecule has 1 heterocycles. The molecule has 0 aliphatic carbocycles. The molecule has 16 heavy (non-hydrogen) atoms. The van der Waals surface area contributed by atoms with E-state index in [4.69, 9.17) is 5.73 Å². The van der Waals surface area contributed by atoms with Crippen LogP contribution in [0.15, 0.2) is 24.3 Å². The first-order chi connectivity index (χ1) is 7.63. The summed E-state index contributed by atoms with van der Waals surface area (Å²) in [6, 6.07) is 8.47. The van der Waals surface area contributed by atoms with Gasteiger partial charge in [-0.2, -0.15) is 5.10 Å². The van der Waals surface area contributed by atoms with Gasteiger partial charge in [-0.3, -0.25) is 4.68 Å². The average molecular weight is 215 g/mol. The molecule has 0 aliphatic rings. The van der Waals surface area contributed by atoms with Gasteiger partial charge >= 0.3 is 0 Å². The van der Waals surface area contributed by atoms with Crippen LogP contribution in [-0.4, -0.2) is 9.78 Å². The second-order valence-electron chi connectivity index (χ2n) is 4.10. The van der Waals surface area contributed by atoms with Crippen LogP contribution in [0.4, 0.5) is 0 Å². The van der Waals surface area contributed by atoms with Crippen LogP contribution in [-0.2, 0) is 13.6 Å². The van der Waals surface area contributed by atoms with E-state index in [1.54, 1.807) is 0 Å². The van der Waals surface area contributed by atoms with Crippen LogP contribution >= 0.6 is 0 Å². The van der Waals surface area contributed by atoms with E-state index in [0.717, 1.165) is 11.4 Å². The maximum atomic E-state index is 5.72. The Kier molecular flexibility index (Phi) is 2.79. The highest BCUT2D eigenvalue weighted by atomic mass is 15.3. The van der Waals surface area contributed by atoms with Gasteiger partial charge in [-0.15, -0.1) is 0 Å². The summed E-state index contributed by atoms with van der Waals surface area (Å²) >= 11 is 0. The highest BCUT2D eigenvalue weighted by molar-refractivity contribution is 5.68. The van der Waals surface area contributed by atoms with Gasteiger partial charge in [0.2, 0.25) is 0 Å². The van der Waals surface area contributed by atoms with Crippen molar-refractivity contribution in [3.63, 3.8) is 0 Å². The molecule has 0 amide bonds. The lowest BCUT2D eigenvalue weighted by Crippen LogP contribution is -1.99. The molecule has 0 saturated carbocycles. The van der Waals surface area contributed by atoms with Gasteiger partial charge in [0.25, 0.3) is 0 Å². The first-order valence-corrected chi connectivity index (χ1v) is 5.43. The second kappa shape index (κ2) is 4.10. The zero-order valence-corrected chi connectivity index (χ0v) is 9.99. The van der Waals surface area contributed by atoms with Gasteiger partial charge in [0, 0.05) is 24.8 Å². The lowest BCUT2D eigenvalue weighted by molar-refractivity contribution is 0.721. The van der Waals surface area contributed by atoms with Gasteiger partial charge in [0.15, 0.2) is 0 Å². The van der Waals surface area contributed by atoms with Crippen molar-refractivity contribution in [2.75, 3.05) is 0 Å². The first kappa shape index (κ1) is 10.9. The van der Waals surface area contributed by atoms with E-state index < -0.39 is 0 Å². The van der Waals surface area contributed by atoms with Crippen LogP contribution in [0.5, 0.6) is 0 Å². The molecule has 0 fully saturated rings. The number of aromatic nitrogens is 2. The van der Waals surface area contributed by atoms with Gasteiger partial charge in [-0.25, -0.2) is 0 Å². The fourth-order valence-corrected chi connectivity index (χ4v) is 1.92. The smallest absolute Gasteiger partial charge is 0.0841 e. The van der Waals surface area contributed by atoms with E-state index in [1.165, 1.54) is 16.7 Å². The van der Waals surface area contributed by atoms with Crippen molar-refractivity contribution in [1.82, 2.24) is 9.78 Å². The van der Waals surface area contributed by atoms with Crippen molar-refractivity contribution < 1.29 is 0 Å². The summed E-state index contributed by atoms with van der Waals surface area (Å²) in [6.45, 7) is 4.63. The standard InChI is InChI=1S/C13H17N3/c1-9-4-6-11(7-5-9)13-10(2)16(3)15-12(13)8-14/h4-7H,8,14H2,1-3H3. The SMILES string of the molecule is Cc1ccc(-c2c(CN)nn(C)c2C)cc1. The molecule has 84 valence electrons. The Morgan fingerprint density at radius 1 is 1.19 bits per heavy atom. The average Bonchev–Trinajstić information content (AvgIpc) is 2.57. The molecule has 0 spiro atoms. The molecular weight excluding hydrogens is 198 g/mol. The van der Waals surface area contributed by atoms with Crippen molar-refractivity contribution in [3.8, 4) is 11.1 Å².